The molecule has 6 rings (SSSR count). The van der Waals surface area contributed by atoms with Crippen molar-refractivity contribution in [3.8, 4) is 17.2 Å². The van der Waals surface area contributed by atoms with Crippen molar-refractivity contribution in [3.63, 3.8) is 0 Å². The van der Waals surface area contributed by atoms with E-state index in [0.29, 0.717) is 35.8 Å². The highest BCUT2D eigenvalue weighted by Gasteiger charge is 2.59. The molecule has 12 heteroatoms. The molecular weight excluding hydrogens is 534 g/mol. The highest BCUT2D eigenvalue weighted by atomic mass is 16.7. The Labute approximate surface area is 235 Å². The summed E-state index contributed by atoms with van der Waals surface area (Å²) in [7, 11) is 1.56. The van der Waals surface area contributed by atoms with Crippen LogP contribution in [0.5, 0.6) is 17.2 Å². The van der Waals surface area contributed by atoms with Crippen LogP contribution in [0.1, 0.15) is 30.4 Å². The second-order valence-electron chi connectivity index (χ2n) is 10.7. The van der Waals surface area contributed by atoms with Gasteiger partial charge in [-0.1, -0.05) is 18.2 Å². The lowest BCUT2D eigenvalue weighted by Crippen LogP contribution is -2.55. The molecule has 0 radical (unpaired) electrons. The Morgan fingerprint density at radius 2 is 1.76 bits per heavy atom. The number of nitrogens with zero attached hydrogens (tertiary/aromatic N) is 2. The zero-order valence-corrected chi connectivity index (χ0v) is 22.4. The maximum Gasteiger partial charge on any atom is 0.428 e. The van der Waals surface area contributed by atoms with Crippen LogP contribution in [0.4, 0.5) is 4.79 Å². The minimum atomic E-state index is -1.21. The zero-order chi connectivity index (χ0) is 28.7. The Balaban J connectivity index is 1.14. The molecule has 41 heavy (non-hydrogen) atoms. The Morgan fingerprint density at radius 3 is 2.54 bits per heavy atom. The third-order valence-corrected chi connectivity index (χ3v) is 8.47. The first-order chi connectivity index (χ1) is 19.8. The minimum absolute atomic E-state index is 0.0215. The summed E-state index contributed by atoms with van der Waals surface area (Å²) < 4.78 is 21.1. The molecule has 12 nitrogen and oxygen atoms in total. The highest BCUT2D eigenvalue weighted by Crippen LogP contribution is 2.50. The van der Waals surface area contributed by atoms with Gasteiger partial charge >= 0.3 is 6.09 Å². The number of nitrogens with one attached hydrogen (secondary N) is 1. The second kappa shape index (κ2) is 11.0. The number of aliphatic hydroxyl groups is 2. The van der Waals surface area contributed by atoms with Gasteiger partial charge in [0.05, 0.1) is 37.7 Å². The van der Waals surface area contributed by atoms with Crippen molar-refractivity contribution in [1.29, 1.82) is 0 Å². The van der Waals surface area contributed by atoms with Crippen molar-refractivity contribution in [3.05, 3.63) is 53.6 Å². The average molecular weight is 566 g/mol. The van der Waals surface area contributed by atoms with Gasteiger partial charge < -0.3 is 29.2 Å². The maximum absolute atomic E-state index is 13.6. The van der Waals surface area contributed by atoms with Gasteiger partial charge in [-0.05, 0) is 48.2 Å². The lowest BCUT2D eigenvalue weighted by Gasteiger charge is -2.45. The molecule has 2 heterocycles. The lowest BCUT2D eigenvalue weighted by atomic mass is 9.60. The normalized spacial score (nSPS) is 29.2. The molecular formula is C29H31N3O9. The number of aliphatic hydroxyl groups excluding tert-OH is 2. The van der Waals surface area contributed by atoms with E-state index in [2.05, 4.69) is 10.5 Å². The van der Waals surface area contributed by atoms with E-state index in [0.717, 1.165) is 11.1 Å². The number of methoxy groups -OCH3 is 1. The van der Waals surface area contributed by atoms with Gasteiger partial charge in [0.15, 0.2) is 11.5 Å². The summed E-state index contributed by atoms with van der Waals surface area (Å²) in [6.07, 6.45) is -2.25. The molecule has 216 valence electrons. The SMILES string of the molecule is COc1ccc(COC(=O)N/N=C2\C[C@@H](O)[C@@H](O)[C@@H]3[C@@H]4C(=O)N(Cc5ccc6c(c5)OCO6)C(=O)[C@@H]4CC[C@H]23)cc1. The maximum atomic E-state index is 13.6. The van der Waals surface area contributed by atoms with E-state index in [-0.39, 0.29) is 38.2 Å². The van der Waals surface area contributed by atoms with Gasteiger partial charge in [0.25, 0.3) is 0 Å². The Kier molecular flexibility index (Phi) is 7.26. The third kappa shape index (κ3) is 5.08. The van der Waals surface area contributed by atoms with E-state index in [4.69, 9.17) is 18.9 Å². The van der Waals surface area contributed by atoms with Crippen molar-refractivity contribution in [2.24, 2.45) is 28.8 Å². The number of benzene rings is 2. The van der Waals surface area contributed by atoms with Gasteiger partial charge in [-0.25, -0.2) is 10.2 Å². The summed E-state index contributed by atoms with van der Waals surface area (Å²) in [6.45, 7) is 0.209. The molecule has 1 saturated heterocycles. The quantitative estimate of drug-likeness (QED) is 0.352. The topological polar surface area (TPSA) is 156 Å². The number of carbonyl (C=O) groups excluding carboxylic acids is 3. The summed E-state index contributed by atoms with van der Waals surface area (Å²) in [6, 6.07) is 12.3. The number of imide groups is 1. The van der Waals surface area contributed by atoms with Crippen LogP contribution >= 0.6 is 0 Å². The molecule has 2 aromatic rings. The Morgan fingerprint density at radius 1 is 1.02 bits per heavy atom. The fraction of sp³-hybridized carbons (Fsp3) is 0.448. The van der Waals surface area contributed by atoms with E-state index in [1.165, 1.54) is 4.90 Å². The van der Waals surface area contributed by atoms with Gasteiger partial charge in [-0.15, -0.1) is 0 Å². The third-order valence-electron chi connectivity index (χ3n) is 8.47. The van der Waals surface area contributed by atoms with E-state index < -0.39 is 42.0 Å². The molecule has 3 N–H and O–H groups in total. The summed E-state index contributed by atoms with van der Waals surface area (Å²) in [5.41, 5.74) is 4.32. The van der Waals surface area contributed by atoms with Gasteiger partial charge in [0.2, 0.25) is 18.6 Å². The molecule has 0 spiro atoms. The molecule has 3 fully saturated rings. The van der Waals surface area contributed by atoms with Crippen LogP contribution in [-0.4, -0.2) is 64.8 Å². The van der Waals surface area contributed by atoms with Crippen molar-refractivity contribution >= 4 is 23.6 Å². The molecule has 2 saturated carbocycles. The smallest absolute Gasteiger partial charge is 0.428 e. The number of amides is 3. The van der Waals surface area contributed by atoms with Crippen LogP contribution in [0.25, 0.3) is 0 Å². The van der Waals surface area contributed by atoms with Crippen LogP contribution in [0.15, 0.2) is 47.6 Å². The Bertz CT molecular complexity index is 1380. The van der Waals surface area contributed by atoms with Crippen LogP contribution in [-0.2, 0) is 27.5 Å². The number of rotatable bonds is 6. The second-order valence-corrected chi connectivity index (χ2v) is 10.7. The Hall–Kier alpha value is -4.16. The largest absolute Gasteiger partial charge is 0.497 e. The summed E-state index contributed by atoms with van der Waals surface area (Å²) >= 11 is 0. The highest BCUT2D eigenvalue weighted by molar-refractivity contribution is 6.06. The molecule has 2 aliphatic heterocycles. The fourth-order valence-corrected chi connectivity index (χ4v) is 6.46. The first-order valence-electron chi connectivity index (χ1n) is 13.6. The first-order valence-corrected chi connectivity index (χ1v) is 13.6. The van der Waals surface area contributed by atoms with Gasteiger partial charge in [0, 0.05) is 24.0 Å². The van der Waals surface area contributed by atoms with E-state index in [1.54, 1.807) is 49.6 Å². The predicted octanol–water partition coefficient (Wildman–Crippen LogP) is 1.96. The molecule has 4 aliphatic rings. The fourth-order valence-electron chi connectivity index (χ4n) is 6.46. The zero-order valence-electron chi connectivity index (χ0n) is 22.4. The lowest BCUT2D eigenvalue weighted by molar-refractivity contribution is -0.142. The van der Waals surface area contributed by atoms with Gasteiger partial charge in [-0.3, -0.25) is 14.5 Å². The number of hydrogen-bond acceptors (Lipinski definition) is 10. The van der Waals surface area contributed by atoms with Crippen molar-refractivity contribution in [2.45, 2.75) is 44.6 Å². The number of carbonyl (C=O) groups is 3. The van der Waals surface area contributed by atoms with Crippen LogP contribution in [0, 0.1) is 23.7 Å². The molecule has 0 unspecified atom stereocenters. The van der Waals surface area contributed by atoms with Crippen molar-refractivity contribution in [1.82, 2.24) is 10.3 Å². The standard InChI is InChI=1S/C29H31N3O9/c1-38-17-5-2-15(3-6-17)13-39-29(37)31-30-20-11-21(33)26(34)24-18(20)7-8-19-25(24)28(36)32(27(19)35)12-16-4-9-22-23(10-16)41-14-40-22/h2-6,9-10,18-19,21,24-26,33-34H,7-8,11-14H2,1H3,(H,31,37)/b30-20+/t18-,19-,21-,24+,25-,26-/m1/s1. The number of fused-ring (bicyclic) bond motifs is 4. The summed E-state index contributed by atoms with van der Waals surface area (Å²) in [4.78, 5) is 40.6. The minimum Gasteiger partial charge on any atom is -0.497 e. The van der Waals surface area contributed by atoms with Crippen LogP contribution in [0.2, 0.25) is 0 Å². The van der Waals surface area contributed by atoms with Crippen LogP contribution < -0.4 is 19.6 Å². The summed E-state index contributed by atoms with van der Waals surface area (Å²) in [5.74, 6) is -1.33. The van der Waals surface area contributed by atoms with Gasteiger partial charge in [-0.2, -0.15) is 5.10 Å². The van der Waals surface area contributed by atoms with Gasteiger partial charge in [0.1, 0.15) is 12.4 Å². The number of hydrogen-bond donors (Lipinski definition) is 3. The number of ether oxygens (including phenoxy) is 4. The van der Waals surface area contributed by atoms with Crippen molar-refractivity contribution < 1.29 is 43.5 Å². The van der Waals surface area contributed by atoms with E-state index in [1.807, 2.05) is 0 Å². The number of likely N-dealkylation sites (tertiary alicyclic amines) is 1. The number of hydrazone groups is 1. The predicted molar refractivity (Wildman–Crippen MR) is 142 cm³/mol. The van der Waals surface area contributed by atoms with E-state index >= 15 is 0 Å². The molecule has 6 atom stereocenters. The molecule has 0 aromatic heterocycles. The first kappa shape index (κ1) is 27.0. The van der Waals surface area contributed by atoms with Crippen LogP contribution in [0.3, 0.4) is 0 Å². The molecule has 2 aromatic carbocycles. The monoisotopic (exact) mass is 565 g/mol. The van der Waals surface area contributed by atoms with E-state index in [9.17, 15) is 24.6 Å². The van der Waals surface area contributed by atoms with Crippen molar-refractivity contribution in [2.75, 3.05) is 13.9 Å². The molecule has 2 aliphatic carbocycles. The molecule has 3 amide bonds. The average Bonchev–Trinajstić information content (AvgIpc) is 3.55. The molecule has 0 bridgehead atoms. The summed E-state index contributed by atoms with van der Waals surface area (Å²) in [5, 5.41) is 25.9.